The van der Waals surface area contributed by atoms with Gasteiger partial charge >= 0.3 is 0 Å². The van der Waals surface area contributed by atoms with Crippen molar-refractivity contribution in [2.24, 2.45) is 0 Å². The number of hydrogen-bond donors (Lipinski definition) is 1. The minimum absolute atomic E-state index is 0.403. The minimum atomic E-state index is 0.403. The summed E-state index contributed by atoms with van der Waals surface area (Å²) < 4.78 is 0. The van der Waals surface area contributed by atoms with Crippen LogP contribution in [0.3, 0.4) is 0 Å². The summed E-state index contributed by atoms with van der Waals surface area (Å²) in [5.41, 5.74) is 1.16. The van der Waals surface area contributed by atoms with Gasteiger partial charge < -0.3 is 5.32 Å². The van der Waals surface area contributed by atoms with Gasteiger partial charge in [-0.15, -0.1) is 0 Å². The van der Waals surface area contributed by atoms with Crippen molar-refractivity contribution in [2.75, 3.05) is 39.3 Å². The van der Waals surface area contributed by atoms with Crippen LogP contribution < -0.4 is 5.32 Å². The summed E-state index contributed by atoms with van der Waals surface area (Å²) in [6.45, 7) is 9.76. The van der Waals surface area contributed by atoms with Gasteiger partial charge in [0.15, 0.2) is 0 Å². The van der Waals surface area contributed by atoms with Crippen LogP contribution in [0.1, 0.15) is 24.4 Å². The van der Waals surface area contributed by atoms with Crippen molar-refractivity contribution in [3.8, 4) is 0 Å². The van der Waals surface area contributed by atoms with E-state index in [0.717, 1.165) is 44.1 Å². The van der Waals surface area contributed by atoms with E-state index in [2.05, 4.69) is 32.0 Å². The summed E-state index contributed by atoms with van der Waals surface area (Å²) in [6.07, 6.45) is 3.92. The fourth-order valence-corrected chi connectivity index (χ4v) is 2.76. The van der Waals surface area contributed by atoms with Crippen LogP contribution in [0, 0.1) is 0 Å². The van der Waals surface area contributed by atoms with Gasteiger partial charge in [-0.25, -0.2) is 9.97 Å². The van der Waals surface area contributed by atoms with E-state index in [1.807, 2.05) is 12.4 Å². The molecule has 0 amide bonds. The first-order valence-electron chi connectivity index (χ1n) is 6.84. The molecule has 3 fully saturated rings. The summed E-state index contributed by atoms with van der Waals surface area (Å²) in [5, 5.41) is 3.29. The highest BCUT2D eigenvalue weighted by atomic mass is 15.4. The Labute approximate surface area is 108 Å². The van der Waals surface area contributed by atoms with Crippen molar-refractivity contribution in [1.82, 2.24) is 25.1 Å². The highest BCUT2D eigenvalue weighted by Crippen LogP contribution is 2.26. The van der Waals surface area contributed by atoms with E-state index in [1.54, 1.807) is 0 Å². The van der Waals surface area contributed by atoms with Gasteiger partial charge in [-0.05, 0) is 6.54 Å². The third-order valence-corrected chi connectivity index (χ3v) is 3.88. The van der Waals surface area contributed by atoms with Gasteiger partial charge in [0.1, 0.15) is 5.82 Å². The van der Waals surface area contributed by atoms with Crippen LogP contribution in [-0.4, -0.2) is 59.0 Å². The molecule has 1 unspecified atom stereocenters. The van der Waals surface area contributed by atoms with Gasteiger partial charge in [0.2, 0.25) is 0 Å². The maximum atomic E-state index is 4.55. The van der Waals surface area contributed by atoms with Crippen LogP contribution in [-0.2, 0) is 6.54 Å². The fourth-order valence-electron chi connectivity index (χ4n) is 2.76. The Hall–Kier alpha value is -1.04. The Balaban J connectivity index is 1.69. The SMILES string of the molecule is CCNCc1cnc(C2CN3CCN2CC3)nc1. The van der Waals surface area contributed by atoms with Gasteiger partial charge in [0.25, 0.3) is 0 Å². The van der Waals surface area contributed by atoms with Crippen molar-refractivity contribution >= 4 is 0 Å². The Morgan fingerprint density at radius 1 is 1.22 bits per heavy atom. The molecule has 3 aliphatic rings. The van der Waals surface area contributed by atoms with Crippen molar-refractivity contribution in [2.45, 2.75) is 19.5 Å². The molecule has 1 atom stereocenters. The molecule has 0 radical (unpaired) electrons. The molecule has 3 saturated heterocycles. The van der Waals surface area contributed by atoms with Crippen molar-refractivity contribution in [3.05, 3.63) is 23.8 Å². The van der Waals surface area contributed by atoms with E-state index in [4.69, 9.17) is 0 Å². The molecule has 5 heteroatoms. The Morgan fingerprint density at radius 3 is 2.50 bits per heavy atom. The van der Waals surface area contributed by atoms with E-state index >= 15 is 0 Å². The van der Waals surface area contributed by atoms with Crippen LogP contribution in [0.2, 0.25) is 0 Å². The van der Waals surface area contributed by atoms with Crippen molar-refractivity contribution < 1.29 is 0 Å². The molecule has 1 N–H and O–H groups in total. The maximum absolute atomic E-state index is 4.55. The topological polar surface area (TPSA) is 44.3 Å². The lowest BCUT2D eigenvalue weighted by atomic mass is 10.1. The summed E-state index contributed by atoms with van der Waals surface area (Å²) in [5.74, 6) is 0.986. The molecule has 1 aromatic heterocycles. The van der Waals surface area contributed by atoms with Crippen LogP contribution in [0.25, 0.3) is 0 Å². The number of hydrogen-bond acceptors (Lipinski definition) is 5. The van der Waals surface area contributed by atoms with Crippen LogP contribution in [0.5, 0.6) is 0 Å². The van der Waals surface area contributed by atoms with Crippen molar-refractivity contribution in [1.29, 1.82) is 0 Å². The molecule has 4 heterocycles. The van der Waals surface area contributed by atoms with E-state index in [9.17, 15) is 0 Å². The molecule has 3 aliphatic heterocycles. The predicted octanol–water partition coefficient (Wildman–Crippen LogP) is 0.258. The minimum Gasteiger partial charge on any atom is -0.313 e. The molecule has 98 valence electrons. The van der Waals surface area contributed by atoms with Gasteiger partial charge in [-0.2, -0.15) is 0 Å². The zero-order valence-corrected chi connectivity index (χ0v) is 11.0. The third-order valence-electron chi connectivity index (χ3n) is 3.88. The summed E-state index contributed by atoms with van der Waals surface area (Å²) in [6, 6.07) is 0.403. The van der Waals surface area contributed by atoms with E-state index < -0.39 is 0 Å². The summed E-state index contributed by atoms with van der Waals surface area (Å²) in [7, 11) is 0. The number of rotatable bonds is 4. The predicted molar refractivity (Wildman–Crippen MR) is 70.2 cm³/mol. The highest BCUT2D eigenvalue weighted by molar-refractivity contribution is 5.09. The van der Waals surface area contributed by atoms with Gasteiger partial charge in [0, 0.05) is 57.2 Å². The average Bonchev–Trinajstić information content (AvgIpc) is 2.47. The van der Waals surface area contributed by atoms with Crippen LogP contribution >= 0.6 is 0 Å². The highest BCUT2D eigenvalue weighted by Gasteiger charge is 2.34. The monoisotopic (exact) mass is 247 g/mol. The van der Waals surface area contributed by atoms with E-state index in [1.165, 1.54) is 13.1 Å². The van der Waals surface area contributed by atoms with Gasteiger partial charge in [0.05, 0.1) is 6.04 Å². The molecular formula is C13H21N5. The normalized spacial score (nSPS) is 30.6. The number of piperazine rings is 3. The summed E-state index contributed by atoms with van der Waals surface area (Å²) >= 11 is 0. The Morgan fingerprint density at radius 2 is 1.94 bits per heavy atom. The second-order valence-corrected chi connectivity index (χ2v) is 5.08. The first-order chi connectivity index (χ1) is 8.86. The molecule has 0 aromatic carbocycles. The third kappa shape index (κ3) is 2.39. The maximum Gasteiger partial charge on any atom is 0.146 e. The fraction of sp³-hybridized carbons (Fsp3) is 0.692. The lowest BCUT2D eigenvalue weighted by Gasteiger charge is -2.46. The Bertz CT molecular complexity index is 383. The second kappa shape index (κ2) is 5.30. The molecular weight excluding hydrogens is 226 g/mol. The molecule has 0 aliphatic carbocycles. The zero-order chi connectivity index (χ0) is 12.4. The quantitative estimate of drug-likeness (QED) is 0.827. The first-order valence-corrected chi connectivity index (χ1v) is 6.84. The van der Waals surface area contributed by atoms with Crippen LogP contribution in [0.4, 0.5) is 0 Å². The summed E-state index contributed by atoms with van der Waals surface area (Å²) in [4.78, 5) is 14.1. The van der Waals surface area contributed by atoms with Crippen LogP contribution in [0.15, 0.2) is 12.4 Å². The van der Waals surface area contributed by atoms with Crippen molar-refractivity contribution in [3.63, 3.8) is 0 Å². The molecule has 0 spiro atoms. The van der Waals surface area contributed by atoms with E-state index in [-0.39, 0.29) is 0 Å². The molecule has 0 saturated carbocycles. The lowest BCUT2D eigenvalue weighted by molar-refractivity contribution is 0.00862. The average molecular weight is 247 g/mol. The zero-order valence-electron chi connectivity index (χ0n) is 11.0. The molecule has 1 aromatic rings. The molecule has 4 rings (SSSR count). The molecule has 2 bridgehead atoms. The largest absolute Gasteiger partial charge is 0.313 e. The Kier molecular flexibility index (Phi) is 3.54. The number of nitrogens with zero attached hydrogens (tertiary/aromatic N) is 4. The second-order valence-electron chi connectivity index (χ2n) is 5.08. The first kappa shape index (κ1) is 12.0. The number of nitrogens with one attached hydrogen (secondary N) is 1. The molecule has 18 heavy (non-hydrogen) atoms. The van der Waals surface area contributed by atoms with Gasteiger partial charge in [-0.3, -0.25) is 9.80 Å². The number of fused-ring (bicyclic) bond motifs is 3. The standard InChI is InChI=1S/C13H21N5/c1-2-14-7-11-8-15-13(16-9-11)12-10-17-3-5-18(12)6-4-17/h8-9,12,14H,2-7,10H2,1H3. The molecule has 5 nitrogen and oxygen atoms in total. The lowest BCUT2D eigenvalue weighted by Crippen LogP contribution is -2.57. The number of aromatic nitrogens is 2. The smallest absolute Gasteiger partial charge is 0.146 e. The van der Waals surface area contributed by atoms with Gasteiger partial charge in [-0.1, -0.05) is 6.92 Å². The van der Waals surface area contributed by atoms with E-state index in [0.29, 0.717) is 6.04 Å².